The Morgan fingerprint density at radius 1 is 0.812 bits per heavy atom. The molecule has 2 aromatic carbocycles. The number of carbonyl (C=O) groups excluding carboxylic acids is 2. The standard InChI is InChI=1S/C23H19N3O6/c1-11-4-5-18-14(6-11)9-16(22(29)32-18)21(28)25-26-23(30)24-17-10-15-12(2)8-20(27)31-19(15)7-13(17)3/h4-10H,1-3H3,(H,25,28)(H2,24,26,30). The first-order valence-corrected chi connectivity index (χ1v) is 9.68. The van der Waals surface area contributed by atoms with E-state index in [4.69, 9.17) is 8.83 Å². The van der Waals surface area contributed by atoms with Gasteiger partial charge in [0.05, 0.1) is 0 Å². The topological polar surface area (TPSA) is 131 Å². The van der Waals surface area contributed by atoms with E-state index >= 15 is 0 Å². The van der Waals surface area contributed by atoms with Crippen LogP contribution in [0.5, 0.6) is 0 Å². The normalized spacial score (nSPS) is 10.8. The molecule has 3 amide bonds. The van der Waals surface area contributed by atoms with Gasteiger partial charge in [0.1, 0.15) is 16.7 Å². The first-order chi connectivity index (χ1) is 15.2. The first-order valence-electron chi connectivity index (χ1n) is 9.68. The lowest BCUT2D eigenvalue weighted by Crippen LogP contribution is -2.45. The van der Waals surface area contributed by atoms with Gasteiger partial charge in [-0.2, -0.15) is 0 Å². The molecule has 0 radical (unpaired) electrons. The number of hydrogen-bond donors (Lipinski definition) is 3. The van der Waals surface area contributed by atoms with Crippen molar-refractivity contribution in [3.8, 4) is 0 Å². The average Bonchev–Trinajstić information content (AvgIpc) is 2.72. The van der Waals surface area contributed by atoms with Crippen LogP contribution in [0.2, 0.25) is 0 Å². The molecule has 4 rings (SSSR count). The van der Waals surface area contributed by atoms with Crippen LogP contribution in [0, 0.1) is 20.8 Å². The van der Waals surface area contributed by atoms with Crippen LogP contribution in [-0.2, 0) is 0 Å². The molecule has 9 heteroatoms. The highest BCUT2D eigenvalue weighted by molar-refractivity contribution is 5.99. The van der Waals surface area contributed by atoms with Gasteiger partial charge in [-0.1, -0.05) is 11.6 Å². The summed E-state index contributed by atoms with van der Waals surface area (Å²) in [6.07, 6.45) is 0. The second kappa shape index (κ2) is 8.03. The second-order valence-corrected chi connectivity index (χ2v) is 7.43. The fourth-order valence-corrected chi connectivity index (χ4v) is 3.34. The molecule has 0 aliphatic carbocycles. The summed E-state index contributed by atoms with van der Waals surface area (Å²) in [6, 6.07) is 10.6. The van der Waals surface area contributed by atoms with E-state index in [0.29, 0.717) is 38.8 Å². The van der Waals surface area contributed by atoms with Crippen LogP contribution in [0.3, 0.4) is 0 Å². The number of nitrogens with one attached hydrogen (secondary N) is 3. The molecule has 0 unspecified atom stereocenters. The van der Waals surface area contributed by atoms with Crippen LogP contribution in [0.4, 0.5) is 10.5 Å². The number of carbonyl (C=O) groups is 2. The van der Waals surface area contributed by atoms with Crippen LogP contribution in [0.25, 0.3) is 21.9 Å². The third kappa shape index (κ3) is 4.08. The number of hydrazine groups is 1. The van der Waals surface area contributed by atoms with Gasteiger partial charge in [0.25, 0.3) is 5.91 Å². The van der Waals surface area contributed by atoms with Crippen molar-refractivity contribution in [2.45, 2.75) is 20.8 Å². The molecule has 0 aliphatic rings. The van der Waals surface area contributed by atoms with E-state index in [1.807, 2.05) is 6.92 Å². The van der Waals surface area contributed by atoms with E-state index in [0.717, 1.165) is 5.56 Å². The third-order valence-electron chi connectivity index (χ3n) is 4.97. The Balaban J connectivity index is 1.49. The van der Waals surface area contributed by atoms with Gasteiger partial charge in [0.2, 0.25) is 0 Å². The zero-order chi connectivity index (χ0) is 23.0. The number of anilines is 1. The molecule has 4 aromatic rings. The van der Waals surface area contributed by atoms with E-state index in [1.165, 1.54) is 12.1 Å². The van der Waals surface area contributed by atoms with Gasteiger partial charge in [0, 0.05) is 22.5 Å². The molecule has 2 heterocycles. The minimum Gasteiger partial charge on any atom is -0.423 e. The van der Waals surface area contributed by atoms with Crippen molar-refractivity contribution in [1.29, 1.82) is 0 Å². The fraction of sp³-hybridized carbons (Fsp3) is 0.130. The maximum absolute atomic E-state index is 12.4. The van der Waals surface area contributed by atoms with Crippen LogP contribution < -0.4 is 27.4 Å². The van der Waals surface area contributed by atoms with Crippen molar-refractivity contribution >= 4 is 39.6 Å². The summed E-state index contributed by atoms with van der Waals surface area (Å²) in [6.45, 7) is 5.37. The zero-order valence-electron chi connectivity index (χ0n) is 17.5. The molecule has 9 nitrogen and oxygen atoms in total. The number of rotatable bonds is 2. The minimum atomic E-state index is -0.816. The van der Waals surface area contributed by atoms with Gasteiger partial charge in [-0.05, 0) is 62.2 Å². The lowest BCUT2D eigenvalue weighted by molar-refractivity contribution is 0.0934. The summed E-state index contributed by atoms with van der Waals surface area (Å²) < 4.78 is 10.4. The summed E-state index contributed by atoms with van der Waals surface area (Å²) in [5.74, 6) is -0.815. The lowest BCUT2D eigenvalue weighted by Gasteiger charge is -2.12. The summed E-state index contributed by atoms with van der Waals surface area (Å²) in [5, 5.41) is 3.87. The fourth-order valence-electron chi connectivity index (χ4n) is 3.34. The van der Waals surface area contributed by atoms with Crippen molar-refractivity contribution in [1.82, 2.24) is 10.9 Å². The van der Waals surface area contributed by atoms with Crippen molar-refractivity contribution in [3.63, 3.8) is 0 Å². The smallest absolute Gasteiger partial charge is 0.349 e. The van der Waals surface area contributed by atoms with Crippen LogP contribution >= 0.6 is 0 Å². The Labute approximate surface area is 181 Å². The predicted molar refractivity (Wildman–Crippen MR) is 119 cm³/mol. The van der Waals surface area contributed by atoms with Crippen molar-refractivity contribution < 1.29 is 18.4 Å². The zero-order valence-corrected chi connectivity index (χ0v) is 17.5. The molecule has 32 heavy (non-hydrogen) atoms. The average molecular weight is 433 g/mol. The Hall–Kier alpha value is -4.40. The van der Waals surface area contributed by atoms with Crippen molar-refractivity contribution in [3.05, 3.63) is 85.6 Å². The molecule has 0 atom stereocenters. The molecule has 162 valence electrons. The van der Waals surface area contributed by atoms with Crippen molar-refractivity contribution in [2.75, 3.05) is 5.32 Å². The Morgan fingerprint density at radius 2 is 1.59 bits per heavy atom. The highest BCUT2D eigenvalue weighted by atomic mass is 16.4. The number of fused-ring (bicyclic) bond motifs is 2. The maximum atomic E-state index is 12.4. The SMILES string of the molecule is Cc1ccc2oc(=O)c(C(=O)NNC(=O)Nc3cc4c(C)cc(=O)oc4cc3C)cc2c1. The highest BCUT2D eigenvalue weighted by Gasteiger charge is 2.15. The molecular weight excluding hydrogens is 414 g/mol. The number of hydrogen-bond acceptors (Lipinski definition) is 6. The quantitative estimate of drug-likeness (QED) is 0.328. The molecule has 0 spiro atoms. The largest absolute Gasteiger partial charge is 0.423 e. The van der Waals surface area contributed by atoms with Crippen LogP contribution in [-0.4, -0.2) is 11.9 Å². The summed E-state index contributed by atoms with van der Waals surface area (Å²) >= 11 is 0. The number of aryl methyl sites for hydroxylation is 3. The van der Waals surface area contributed by atoms with E-state index < -0.39 is 23.2 Å². The number of amides is 3. The molecule has 3 N–H and O–H groups in total. The monoisotopic (exact) mass is 433 g/mol. The van der Waals surface area contributed by atoms with Gasteiger partial charge < -0.3 is 14.2 Å². The van der Waals surface area contributed by atoms with Gasteiger partial charge >= 0.3 is 17.3 Å². The van der Waals surface area contributed by atoms with Gasteiger partial charge in [0.15, 0.2) is 0 Å². The summed E-state index contributed by atoms with van der Waals surface area (Å²) in [7, 11) is 0. The van der Waals surface area contributed by atoms with Crippen LogP contribution in [0.1, 0.15) is 27.0 Å². The van der Waals surface area contributed by atoms with E-state index in [2.05, 4.69) is 16.2 Å². The minimum absolute atomic E-state index is 0.240. The second-order valence-electron chi connectivity index (χ2n) is 7.43. The molecule has 0 fully saturated rings. The Kier molecular flexibility index (Phi) is 5.23. The van der Waals surface area contributed by atoms with E-state index in [-0.39, 0.29) is 5.56 Å². The Bertz CT molecular complexity index is 1520. The molecule has 2 aromatic heterocycles. The maximum Gasteiger partial charge on any atom is 0.349 e. The third-order valence-corrected chi connectivity index (χ3v) is 4.97. The molecular formula is C23H19N3O6. The molecule has 0 aliphatic heterocycles. The van der Waals surface area contributed by atoms with Crippen LogP contribution in [0.15, 0.2) is 60.9 Å². The molecule has 0 bridgehead atoms. The van der Waals surface area contributed by atoms with E-state index in [1.54, 1.807) is 44.2 Å². The highest BCUT2D eigenvalue weighted by Crippen LogP contribution is 2.25. The predicted octanol–water partition coefficient (Wildman–Crippen LogP) is 3.29. The lowest BCUT2D eigenvalue weighted by atomic mass is 10.1. The van der Waals surface area contributed by atoms with E-state index in [9.17, 15) is 19.2 Å². The van der Waals surface area contributed by atoms with Crippen molar-refractivity contribution in [2.24, 2.45) is 0 Å². The van der Waals surface area contributed by atoms with Gasteiger partial charge in [-0.25, -0.2) is 19.8 Å². The first kappa shape index (κ1) is 20.9. The molecule has 0 saturated heterocycles. The molecule has 0 saturated carbocycles. The van der Waals surface area contributed by atoms with Gasteiger partial charge in [-0.15, -0.1) is 0 Å². The number of urea groups is 1. The Morgan fingerprint density at radius 3 is 2.38 bits per heavy atom. The summed E-state index contributed by atoms with van der Waals surface area (Å²) in [5.41, 5.74) is 6.42. The number of benzene rings is 2. The summed E-state index contributed by atoms with van der Waals surface area (Å²) in [4.78, 5) is 48.4. The van der Waals surface area contributed by atoms with Gasteiger partial charge in [-0.3, -0.25) is 10.2 Å².